The zero-order valence-corrected chi connectivity index (χ0v) is 19.0. The van der Waals surface area contributed by atoms with Crippen LogP contribution in [0.15, 0.2) is 0 Å². The van der Waals surface area contributed by atoms with E-state index >= 15 is 0 Å². The summed E-state index contributed by atoms with van der Waals surface area (Å²) in [4.78, 5) is 0. The second-order valence-corrected chi connectivity index (χ2v) is 11.9. The van der Waals surface area contributed by atoms with Crippen molar-refractivity contribution < 1.29 is 13.2 Å². The van der Waals surface area contributed by atoms with Gasteiger partial charge in [-0.15, -0.1) is 0 Å². The van der Waals surface area contributed by atoms with Crippen molar-refractivity contribution in [3.8, 4) is 0 Å². The highest BCUT2D eigenvalue weighted by Gasteiger charge is 2.48. The quantitative estimate of drug-likeness (QED) is 0.441. The molecule has 1 aliphatic carbocycles. The lowest BCUT2D eigenvalue weighted by Gasteiger charge is -2.42. The molecule has 0 aromatic carbocycles. The molecular formula is C20H38N6O3S. The lowest BCUT2D eigenvalue weighted by atomic mass is 9.80. The van der Waals surface area contributed by atoms with Gasteiger partial charge in [-0.1, -0.05) is 0 Å². The van der Waals surface area contributed by atoms with E-state index in [1.807, 2.05) is 7.05 Å². The topological polar surface area (TPSA) is 98.0 Å². The summed E-state index contributed by atoms with van der Waals surface area (Å²) in [6.07, 6.45) is 6.05. The van der Waals surface area contributed by atoms with Gasteiger partial charge in [-0.3, -0.25) is 10.9 Å². The first kappa shape index (κ1) is 21.5. The smallest absolute Gasteiger partial charge is 0.216 e. The summed E-state index contributed by atoms with van der Waals surface area (Å²) in [6, 6.07) is 0.956. The molecule has 4 heterocycles. The Balaban J connectivity index is 1.22. The van der Waals surface area contributed by atoms with Crippen molar-refractivity contribution in [2.75, 3.05) is 40.3 Å². The summed E-state index contributed by atoms with van der Waals surface area (Å²) in [5, 5.41) is 7.71. The van der Waals surface area contributed by atoms with Gasteiger partial charge >= 0.3 is 0 Å². The first-order valence-corrected chi connectivity index (χ1v) is 13.3. The molecule has 0 aromatic heterocycles. The molecule has 8 atom stereocenters. The molecule has 30 heavy (non-hydrogen) atoms. The van der Waals surface area contributed by atoms with E-state index in [1.54, 1.807) is 7.11 Å². The zero-order chi connectivity index (χ0) is 20.9. The van der Waals surface area contributed by atoms with E-state index in [-0.39, 0.29) is 23.4 Å². The highest BCUT2D eigenvalue weighted by molar-refractivity contribution is 7.90. The van der Waals surface area contributed by atoms with Crippen LogP contribution in [0.25, 0.3) is 0 Å². The van der Waals surface area contributed by atoms with Crippen LogP contribution in [0.3, 0.4) is 0 Å². The van der Waals surface area contributed by atoms with Gasteiger partial charge in [0.05, 0.1) is 17.4 Å². The number of piperidine rings is 1. The summed E-state index contributed by atoms with van der Waals surface area (Å²) >= 11 is 0. The number of rotatable bonds is 5. The van der Waals surface area contributed by atoms with E-state index in [9.17, 15) is 8.42 Å². The van der Waals surface area contributed by atoms with Crippen LogP contribution in [0.4, 0.5) is 0 Å². The summed E-state index contributed by atoms with van der Waals surface area (Å²) in [6.45, 7) is 3.60. The molecule has 0 spiro atoms. The maximum absolute atomic E-state index is 13.4. The van der Waals surface area contributed by atoms with Crippen LogP contribution in [0.5, 0.6) is 0 Å². The van der Waals surface area contributed by atoms with Crippen molar-refractivity contribution in [2.24, 2.45) is 11.8 Å². The number of hydrogen-bond acceptors (Lipinski definition) is 8. The van der Waals surface area contributed by atoms with E-state index in [2.05, 4.69) is 30.9 Å². The van der Waals surface area contributed by atoms with Crippen LogP contribution in [-0.2, 0) is 14.8 Å². The molecule has 0 bridgehead atoms. The number of methoxy groups -OCH3 is 1. The van der Waals surface area contributed by atoms with Gasteiger partial charge in [-0.25, -0.2) is 23.2 Å². The average Bonchev–Trinajstić information content (AvgIpc) is 3.44. The van der Waals surface area contributed by atoms with Gasteiger partial charge in [0, 0.05) is 64.4 Å². The minimum absolute atomic E-state index is 0.0782. The van der Waals surface area contributed by atoms with E-state index in [1.165, 1.54) is 12.8 Å². The predicted molar refractivity (Wildman–Crippen MR) is 115 cm³/mol. The number of hydrogen-bond donors (Lipinski definition) is 4. The fourth-order valence-electron chi connectivity index (χ4n) is 6.77. The van der Waals surface area contributed by atoms with Crippen molar-refractivity contribution in [2.45, 2.75) is 74.0 Å². The Kier molecular flexibility index (Phi) is 6.13. The molecule has 5 rings (SSSR count). The number of nitrogens with zero attached hydrogens (tertiary/aromatic N) is 2. The third-order valence-electron chi connectivity index (χ3n) is 8.41. The molecule has 0 radical (unpaired) electrons. The molecule has 1 saturated carbocycles. The fraction of sp³-hybridized carbons (Fsp3) is 1.00. The summed E-state index contributed by atoms with van der Waals surface area (Å²) in [7, 11) is 0.285. The molecule has 8 unspecified atom stereocenters. The van der Waals surface area contributed by atoms with Crippen LogP contribution >= 0.6 is 0 Å². The monoisotopic (exact) mass is 442 g/mol. The molecule has 5 fully saturated rings. The Morgan fingerprint density at radius 1 is 1.03 bits per heavy atom. The van der Waals surface area contributed by atoms with Crippen LogP contribution in [-0.4, -0.2) is 94.3 Å². The number of hydrazine groups is 2. The van der Waals surface area contributed by atoms with Crippen LogP contribution in [0.2, 0.25) is 0 Å². The molecule has 9 nitrogen and oxygen atoms in total. The first-order chi connectivity index (χ1) is 14.5. The fourth-order valence-corrected chi connectivity index (χ4v) is 8.40. The van der Waals surface area contributed by atoms with Crippen molar-refractivity contribution in [3.63, 3.8) is 0 Å². The highest BCUT2D eigenvalue weighted by Crippen LogP contribution is 2.34. The zero-order valence-electron chi connectivity index (χ0n) is 18.2. The Morgan fingerprint density at radius 2 is 1.90 bits per heavy atom. The van der Waals surface area contributed by atoms with Gasteiger partial charge in [0.15, 0.2) is 0 Å². The molecule has 4 N–H and O–H groups in total. The van der Waals surface area contributed by atoms with Crippen LogP contribution in [0, 0.1) is 11.8 Å². The molecule has 4 aliphatic heterocycles. The van der Waals surface area contributed by atoms with Gasteiger partial charge in [-0.2, -0.15) is 0 Å². The number of ether oxygens (including phenoxy) is 1. The van der Waals surface area contributed by atoms with Crippen LogP contribution in [0.1, 0.15) is 38.5 Å². The first-order valence-electron chi connectivity index (χ1n) is 11.7. The van der Waals surface area contributed by atoms with Gasteiger partial charge < -0.3 is 10.1 Å². The van der Waals surface area contributed by atoms with E-state index in [0.29, 0.717) is 30.5 Å². The molecule has 0 amide bonds. The lowest BCUT2D eigenvalue weighted by molar-refractivity contribution is 0.00323. The van der Waals surface area contributed by atoms with Gasteiger partial charge in [0.2, 0.25) is 10.0 Å². The van der Waals surface area contributed by atoms with Crippen molar-refractivity contribution >= 4 is 10.0 Å². The normalized spacial score (nSPS) is 45.5. The Morgan fingerprint density at radius 3 is 2.67 bits per heavy atom. The molecule has 172 valence electrons. The lowest BCUT2D eigenvalue weighted by Crippen LogP contribution is -2.62. The Labute approximate surface area is 180 Å². The van der Waals surface area contributed by atoms with Gasteiger partial charge in [-0.05, 0) is 44.4 Å². The Bertz CT molecular complexity index is 715. The number of nitrogens with one attached hydrogen (secondary N) is 4. The average molecular weight is 443 g/mol. The summed E-state index contributed by atoms with van der Waals surface area (Å²) < 4.78 is 35.5. The molecule has 10 heteroatoms. The predicted octanol–water partition coefficient (Wildman–Crippen LogP) is -0.763. The number of likely N-dealkylation sites (N-methyl/N-ethyl adjacent to an activating group) is 1. The second-order valence-electron chi connectivity index (χ2n) is 9.91. The second kappa shape index (κ2) is 8.55. The minimum atomic E-state index is -3.43. The number of sulfonamides is 1. The third-order valence-corrected chi connectivity index (χ3v) is 10.3. The maximum atomic E-state index is 13.4. The molecular weight excluding hydrogens is 404 g/mol. The number of fused-ring (bicyclic) bond motifs is 2. The third kappa shape index (κ3) is 3.83. The van der Waals surface area contributed by atoms with Crippen molar-refractivity contribution in [3.05, 3.63) is 0 Å². The summed E-state index contributed by atoms with van der Waals surface area (Å²) in [5.41, 5.74) is 6.91. The standard InChI is InChI=1S/C20H38N6O3S/c1-25-20-13(10-22-25)5-8-18(29-2)19(20)24-30(27,28)14-6-7-16(21-11-14)15-12-23-26-9-3-4-17(15)26/h13-24H,3-12H2,1-2H3. The van der Waals surface area contributed by atoms with E-state index in [0.717, 1.165) is 45.3 Å². The summed E-state index contributed by atoms with van der Waals surface area (Å²) in [5.74, 6) is 1.05. The minimum Gasteiger partial charge on any atom is -0.380 e. The van der Waals surface area contributed by atoms with Crippen molar-refractivity contribution in [1.82, 2.24) is 30.9 Å². The Hall–Kier alpha value is -0.330. The molecule has 0 aromatic rings. The van der Waals surface area contributed by atoms with Crippen LogP contribution < -0.4 is 20.9 Å². The molecule has 4 saturated heterocycles. The molecule has 5 aliphatic rings. The SMILES string of the molecule is COC1CCC2CNN(C)C2C1NS(=O)(=O)C1CCC(C2CNN3CCCC23)NC1. The highest BCUT2D eigenvalue weighted by atomic mass is 32.2. The van der Waals surface area contributed by atoms with Gasteiger partial charge in [0.25, 0.3) is 0 Å². The van der Waals surface area contributed by atoms with E-state index in [4.69, 9.17) is 4.74 Å². The maximum Gasteiger partial charge on any atom is 0.216 e. The van der Waals surface area contributed by atoms with Crippen molar-refractivity contribution in [1.29, 1.82) is 0 Å². The largest absolute Gasteiger partial charge is 0.380 e. The van der Waals surface area contributed by atoms with E-state index < -0.39 is 10.0 Å². The van der Waals surface area contributed by atoms with Gasteiger partial charge in [0.1, 0.15) is 0 Å².